The van der Waals surface area contributed by atoms with Crippen molar-refractivity contribution in [2.45, 2.75) is 37.8 Å². The van der Waals surface area contributed by atoms with Crippen molar-refractivity contribution in [3.8, 4) is 0 Å². The summed E-state index contributed by atoms with van der Waals surface area (Å²) in [4.78, 5) is 37.1. The fourth-order valence-corrected chi connectivity index (χ4v) is 6.19. The van der Waals surface area contributed by atoms with Crippen molar-refractivity contribution in [1.82, 2.24) is 19.7 Å². The molecular formula is C29H34N4O3. The lowest BCUT2D eigenvalue weighted by atomic mass is 9.86. The molecule has 188 valence electrons. The summed E-state index contributed by atoms with van der Waals surface area (Å²) >= 11 is 0. The molecule has 0 aliphatic carbocycles. The smallest absolute Gasteiger partial charge is 0.246 e. The van der Waals surface area contributed by atoms with Gasteiger partial charge in [0.25, 0.3) is 0 Å². The zero-order chi connectivity index (χ0) is 24.5. The van der Waals surface area contributed by atoms with Gasteiger partial charge in [0.15, 0.2) is 0 Å². The molecule has 1 unspecified atom stereocenters. The Morgan fingerprint density at radius 1 is 0.944 bits per heavy atom. The summed E-state index contributed by atoms with van der Waals surface area (Å²) in [5.74, 6) is 0.158. The molecule has 0 radical (unpaired) electrons. The number of nitrogens with one attached hydrogen (secondary N) is 1. The van der Waals surface area contributed by atoms with E-state index in [9.17, 15) is 9.59 Å². The number of aryl methyl sites for hydroxylation is 1. The van der Waals surface area contributed by atoms with Crippen molar-refractivity contribution in [1.29, 1.82) is 0 Å². The third-order valence-corrected chi connectivity index (χ3v) is 8.02. The number of hydrogen-bond acceptors (Lipinski definition) is 4. The maximum absolute atomic E-state index is 13.8. The number of carbonyl (C=O) groups is 2. The number of morpholine rings is 1. The largest absolute Gasteiger partial charge is 0.379 e. The summed E-state index contributed by atoms with van der Waals surface area (Å²) in [6.45, 7) is 5.16. The zero-order valence-corrected chi connectivity index (χ0v) is 20.7. The lowest BCUT2D eigenvalue weighted by Crippen LogP contribution is -2.63. The molecular weight excluding hydrogens is 452 g/mol. The van der Waals surface area contributed by atoms with Crippen LogP contribution in [0.4, 0.5) is 0 Å². The van der Waals surface area contributed by atoms with Gasteiger partial charge in [-0.15, -0.1) is 0 Å². The summed E-state index contributed by atoms with van der Waals surface area (Å²) < 4.78 is 5.44. The molecule has 1 aromatic heterocycles. The normalized spacial score (nSPS) is 22.7. The molecule has 2 atom stereocenters. The number of nitrogens with zero attached hydrogens (tertiary/aromatic N) is 3. The van der Waals surface area contributed by atoms with Crippen LogP contribution in [0, 0.1) is 0 Å². The second-order valence-corrected chi connectivity index (χ2v) is 10.2. The SMILES string of the molecule is O=C1[C@@H]2Cc3c([nH]c4ccccc34)C(CCc3ccccc3)N2C(=O)CN1CCCN1CCOCC1. The quantitative estimate of drug-likeness (QED) is 0.557. The van der Waals surface area contributed by atoms with Gasteiger partial charge in [0.1, 0.15) is 6.04 Å². The van der Waals surface area contributed by atoms with E-state index in [-0.39, 0.29) is 24.4 Å². The van der Waals surface area contributed by atoms with Gasteiger partial charge in [0.05, 0.1) is 25.8 Å². The summed E-state index contributed by atoms with van der Waals surface area (Å²) in [5.41, 5.74) is 4.62. The number of fused-ring (bicyclic) bond motifs is 4. The third kappa shape index (κ3) is 4.42. The second kappa shape index (κ2) is 10.1. The van der Waals surface area contributed by atoms with E-state index in [2.05, 4.69) is 46.3 Å². The number of carbonyl (C=O) groups excluding carboxylic acids is 2. The molecule has 2 amide bonds. The molecule has 4 heterocycles. The Balaban J connectivity index is 1.25. The van der Waals surface area contributed by atoms with E-state index in [1.165, 1.54) is 16.5 Å². The van der Waals surface area contributed by atoms with Gasteiger partial charge in [-0.2, -0.15) is 0 Å². The number of aromatic nitrogens is 1. The highest BCUT2D eigenvalue weighted by atomic mass is 16.5. The van der Waals surface area contributed by atoms with Crippen molar-refractivity contribution in [3.63, 3.8) is 0 Å². The van der Waals surface area contributed by atoms with Gasteiger partial charge in [-0.25, -0.2) is 0 Å². The number of ether oxygens (including phenoxy) is 1. The number of amides is 2. The van der Waals surface area contributed by atoms with Crippen LogP contribution in [0.3, 0.4) is 0 Å². The number of para-hydroxylation sites is 1. The maximum Gasteiger partial charge on any atom is 0.246 e. The van der Waals surface area contributed by atoms with Crippen molar-refractivity contribution in [3.05, 3.63) is 71.4 Å². The molecule has 0 saturated carbocycles. The number of benzene rings is 2. The molecule has 3 aliphatic rings. The van der Waals surface area contributed by atoms with Crippen molar-refractivity contribution < 1.29 is 14.3 Å². The molecule has 3 aromatic rings. The first kappa shape index (κ1) is 23.3. The van der Waals surface area contributed by atoms with Gasteiger partial charge in [-0.1, -0.05) is 48.5 Å². The summed E-state index contributed by atoms with van der Waals surface area (Å²) in [5, 5.41) is 1.17. The number of piperazine rings is 1. The molecule has 2 fully saturated rings. The molecule has 36 heavy (non-hydrogen) atoms. The van der Waals surface area contributed by atoms with Crippen molar-refractivity contribution in [2.24, 2.45) is 0 Å². The first-order valence-electron chi connectivity index (χ1n) is 13.2. The van der Waals surface area contributed by atoms with Gasteiger partial charge < -0.3 is 19.5 Å². The minimum atomic E-state index is -0.429. The molecule has 2 aromatic carbocycles. The predicted octanol–water partition coefficient (Wildman–Crippen LogP) is 3.16. The lowest BCUT2D eigenvalue weighted by molar-refractivity contribution is -0.160. The van der Waals surface area contributed by atoms with E-state index in [4.69, 9.17) is 4.74 Å². The molecule has 2 saturated heterocycles. The highest BCUT2D eigenvalue weighted by molar-refractivity contribution is 5.97. The van der Waals surface area contributed by atoms with E-state index in [1.807, 2.05) is 23.1 Å². The number of H-pyrrole nitrogens is 1. The Morgan fingerprint density at radius 3 is 2.56 bits per heavy atom. The predicted molar refractivity (Wildman–Crippen MR) is 139 cm³/mol. The third-order valence-electron chi connectivity index (χ3n) is 8.02. The highest BCUT2D eigenvalue weighted by Crippen LogP contribution is 2.41. The lowest BCUT2D eigenvalue weighted by Gasteiger charge is -2.47. The zero-order valence-electron chi connectivity index (χ0n) is 20.7. The molecule has 1 N–H and O–H groups in total. The molecule has 0 spiro atoms. The fraction of sp³-hybridized carbons (Fsp3) is 0.448. The Bertz CT molecular complexity index is 1230. The van der Waals surface area contributed by atoms with Crippen LogP contribution in [0.1, 0.15) is 35.7 Å². The van der Waals surface area contributed by atoms with Gasteiger partial charge in [-0.3, -0.25) is 14.5 Å². The van der Waals surface area contributed by atoms with Crippen LogP contribution in [0.5, 0.6) is 0 Å². The minimum Gasteiger partial charge on any atom is -0.379 e. The second-order valence-electron chi connectivity index (χ2n) is 10.2. The van der Waals surface area contributed by atoms with E-state index in [0.29, 0.717) is 13.0 Å². The maximum atomic E-state index is 13.8. The van der Waals surface area contributed by atoms with Crippen molar-refractivity contribution in [2.75, 3.05) is 45.9 Å². The molecule has 3 aliphatic heterocycles. The van der Waals surface area contributed by atoms with E-state index in [0.717, 1.165) is 63.3 Å². The molecule has 7 heteroatoms. The van der Waals surface area contributed by atoms with E-state index >= 15 is 0 Å². The monoisotopic (exact) mass is 486 g/mol. The Hall–Kier alpha value is -3.16. The number of aromatic amines is 1. The molecule has 7 nitrogen and oxygen atoms in total. The van der Waals surface area contributed by atoms with Crippen LogP contribution in [0.25, 0.3) is 10.9 Å². The highest BCUT2D eigenvalue weighted by Gasteiger charge is 2.47. The first-order chi connectivity index (χ1) is 17.7. The summed E-state index contributed by atoms with van der Waals surface area (Å²) in [6.07, 6.45) is 3.10. The van der Waals surface area contributed by atoms with Gasteiger partial charge in [-0.05, 0) is 36.5 Å². The summed E-state index contributed by atoms with van der Waals surface area (Å²) in [6, 6.07) is 18.1. The number of hydrogen-bond donors (Lipinski definition) is 1. The van der Waals surface area contributed by atoms with Gasteiger partial charge >= 0.3 is 0 Å². The molecule has 0 bridgehead atoms. The average molecular weight is 487 g/mol. The topological polar surface area (TPSA) is 68.9 Å². The van der Waals surface area contributed by atoms with Crippen LogP contribution < -0.4 is 0 Å². The average Bonchev–Trinajstić information content (AvgIpc) is 3.29. The van der Waals surface area contributed by atoms with Crippen LogP contribution in [0.15, 0.2) is 54.6 Å². The number of rotatable bonds is 7. The van der Waals surface area contributed by atoms with Crippen LogP contribution in [-0.2, 0) is 27.2 Å². The standard InChI is InChI=1S/C29H34N4O3/c34-27-20-32(14-6-13-31-15-17-36-18-16-31)29(35)26-19-23-22-9-4-5-10-24(22)30-28(23)25(33(26)27)12-11-21-7-2-1-3-8-21/h1-5,7-10,25-26,30H,6,11-20H2/t25?,26-/m0/s1. The Kier molecular flexibility index (Phi) is 6.50. The van der Waals surface area contributed by atoms with E-state index in [1.54, 1.807) is 4.90 Å². The first-order valence-corrected chi connectivity index (χ1v) is 13.2. The van der Waals surface area contributed by atoms with E-state index < -0.39 is 6.04 Å². The Morgan fingerprint density at radius 2 is 1.72 bits per heavy atom. The summed E-state index contributed by atoms with van der Waals surface area (Å²) in [7, 11) is 0. The van der Waals surface area contributed by atoms with Crippen LogP contribution in [0.2, 0.25) is 0 Å². The fourth-order valence-electron chi connectivity index (χ4n) is 6.19. The van der Waals surface area contributed by atoms with Crippen LogP contribution >= 0.6 is 0 Å². The van der Waals surface area contributed by atoms with Gasteiger partial charge in [0, 0.05) is 49.2 Å². The van der Waals surface area contributed by atoms with Crippen LogP contribution in [-0.4, -0.2) is 83.5 Å². The van der Waals surface area contributed by atoms with Crippen molar-refractivity contribution >= 4 is 22.7 Å². The Labute approximate surface area is 212 Å². The molecule has 6 rings (SSSR count). The minimum absolute atomic E-state index is 0.0633. The van der Waals surface area contributed by atoms with Gasteiger partial charge in [0.2, 0.25) is 11.8 Å².